The number of anilines is 1. The van der Waals surface area contributed by atoms with Gasteiger partial charge in [-0.05, 0) is 49.7 Å². The van der Waals surface area contributed by atoms with Crippen LogP contribution in [-0.2, 0) is 6.54 Å². The summed E-state index contributed by atoms with van der Waals surface area (Å²) in [6, 6.07) is 11.4. The van der Waals surface area contributed by atoms with Gasteiger partial charge in [0.25, 0.3) is 0 Å². The van der Waals surface area contributed by atoms with Crippen molar-refractivity contribution in [2.24, 2.45) is 0 Å². The minimum absolute atomic E-state index is 0.630. The molecule has 0 aliphatic rings. The summed E-state index contributed by atoms with van der Waals surface area (Å²) in [5.41, 5.74) is 3.19. The molecule has 4 heteroatoms. The number of halogens is 2. The lowest BCUT2D eigenvalue weighted by Gasteiger charge is -2.14. The number of hydrogen-bond donors (Lipinski definition) is 1. The van der Waals surface area contributed by atoms with Crippen molar-refractivity contribution in [3.05, 3.63) is 57.6 Å². The van der Waals surface area contributed by atoms with Crippen LogP contribution < -0.4 is 10.1 Å². The molecule has 0 amide bonds. The Bertz CT molecular complexity index is 599. The molecule has 0 bridgehead atoms. The molecule has 2 rings (SSSR count). The average Bonchev–Trinajstić information content (AvgIpc) is 2.42. The summed E-state index contributed by atoms with van der Waals surface area (Å²) in [5.74, 6) is 0.851. The summed E-state index contributed by atoms with van der Waals surface area (Å²) in [6.45, 7) is 5.27. The fourth-order valence-corrected chi connectivity index (χ4v) is 2.32. The second kappa shape index (κ2) is 6.87. The highest BCUT2D eigenvalue weighted by Crippen LogP contribution is 2.26. The minimum Gasteiger partial charge on any atom is -0.494 e. The van der Waals surface area contributed by atoms with Gasteiger partial charge in [0.2, 0.25) is 0 Å². The van der Waals surface area contributed by atoms with Crippen LogP contribution >= 0.6 is 23.2 Å². The largest absolute Gasteiger partial charge is 0.494 e. The molecule has 0 saturated carbocycles. The Balaban J connectivity index is 2.17. The molecule has 106 valence electrons. The van der Waals surface area contributed by atoms with Crippen LogP contribution in [0.1, 0.15) is 18.1 Å². The van der Waals surface area contributed by atoms with E-state index < -0.39 is 0 Å². The fraction of sp³-hybridized carbons (Fsp3) is 0.250. The zero-order valence-corrected chi connectivity index (χ0v) is 13.1. The number of benzene rings is 2. The highest BCUT2D eigenvalue weighted by Gasteiger charge is 2.06. The minimum atomic E-state index is 0.630. The predicted molar refractivity (Wildman–Crippen MR) is 86.1 cm³/mol. The molecule has 1 N–H and O–H groups in total. The number of hydrogen-bond acceptors (Lipinski definition) is 2. The van der Waals surface area contributed by atoms with E-state index in [-0.39, 0.29) is 0 Å². The second-order valence-electron chi connectivity index (χ2n) is 4.50. The maximum absolute atomic E-state index is 6.05. The van der Waals surface area contributed by atoms with Crippen LogP contribution in [-0.4, -0.2) is 6.61 Å². The van der Waals surface area contributed by atoms with E-state index in [9.17, 15) is 0 Å². The quantitative estimate of drug-likeness (QED) is 0.807. The van der Waals surface area contributed by atoms with Gasteiger partial charge in [-0.2, -0.15) is 0 Å². The Morgan fingerprint density at radius 3 is 2.50 bits per heavy atom. The third-order valence-corrected chi connectivity index (χ3v) is 3.46. The van der Waals surface area contributed by atoms with Crippen LogP contribution in [0, 0.1) is 6.92 Å². The monoisotopic (exact) mass is 309 g/mol. The molecule has 0 atom stereocenters. The lowest BCUT2D eigenvalue weighted by Crippen LogP contribution is -2.04. The van der Waals surface area contributed by atoms with E-state index in [2.05, 4.69) is 5.32 Å². The van der Waals surface area contributed by atoms with Gasteiger partial charge in [-0.15, -0.1) is 0 Å². The van der Waals surface area contributed by atoms with E-state index in [0.717, 1.165) is 22.6 Å². The Morgan fingerprint density at radius 2 is 1.75 bits per heavy atom. The Morgan fingerprint density at radius 1 is 1.05 bits per heavy atom. The van der Waals surface area contributed by atoms with Gasteiger partial charge < -0.3 is 10.1 Å². The van der Waals surface area contributed by atoms with E-state index >= 15 is 0 Å². The summed E-state index contributed by atoms with van der Waals surface area (Å²) in [4.78, 5) is 0. The van der Waals surface area contributed by atoms with E-state index in [1.807, 2.05) is 50.2 Å². The van der Waals surface area contributed by atoms with E-state index in [4.69, 9.17) is 27.9 Å². The molecular formula is C16H17Cl2NO. The van der Waals surface area contributed by atoms with Crippen molar-refractivity contribution in [3.8, 4) is 5.75 Å². The molecule has 0 heterocycles. The Hall–Kier alpha value is -1.38. The zero-order chi connectivity index (χ0) is 14.5. The second-order valence-corrected chi connectivity index (χ2v) is 5.37. The lowest BCUT2D eigenvalue weighted by atomic mass is 10.1. The summed E-state index contributed by atoms with van der Waals surface area (Å²) < 4.78 is 5.61. The van der Waals surface area contributed by atoms with E-state index in [1.54, 1.807) is 0 Å². The first-order valence-electron chi connectivity index (χ1n) is 6.51. The zero-order valence-electron chi connectivity index (χ0n) is 11.5. The average molecular weight is 310 g/mol. The van der Waals surface area contributed by atoms with Gasteiger partial charge in [-0.25, -0.2) is 0 Å². The molecule has 2 aromatic rings. The molecule has 20 heavy (non-hydrogen) atoms. The van der Waals surface area contributed by atoms with Crippen LogP contribution in [0.2, 0.25) is 10.0 Å². The Labute approximate surface area is 129 Å². The van der Waals surface area contributed by atoms with Gasteiger partial charge in [-0.1, -0.05) is 29.3 Å². The molecule has 0 fully saturated rings. The van der Waals surface area contributed by atoms with Crippen molar-refractivity contribution in [3.63, 3.8) is 0 Å². The molecule has 2 aromatic carbocycles. The van der Waals surface area contributed by atoms with Crippen LogP contribution in [0.4, 0.5) is 5.69 Å². The number of aryl methyl sites for hydroxylation is 1. The first-order valence-corrected chi connectivity index (χ1v) is 7.27. The standard InChI is InChI=1S/C16H17Cl2NO/c1-3-20-16-7-6-13(17)8-12(16)10-19-15-9-14(18)5-4-11(15)2/h4-9,19H,3,10H2,1-2H3. The van der Waals surface area contributed by atoms with Crippen molar-refractivity contribution in [2.75, 3.05) is 11.9 Å². The van der Waals surface area contributed by atoms with Crippen LogP contribution in [0.5, 0.6) is 5.75 Å². The molecule has 0 spiro atoms. The number of nitrogens with one attached hydrogen (secondary N) is 1. The number of rotatable bonds is 5. The summed E-state index contributed by atoms with van der Waals surface area (Å²) in [6.07, 6.45) is 0. The SMILES string of the molecule is CCOc1ccc(Cl)cc1CNc1cc(Cl)ccc1C. The molecular weight excluding hydrogens is 293 g/mol. The molecule has 0 aliphatic carbocycles. The molecule has 0 aromatic heterocycles. The molecule has 2 nitrogen and oxygen atoms in total. The van der Waals surface area contributed by atoms with Gasteiger partial charge in [0.05, 0.1) is 6.61 Å². The molecule has 0 aliphatic heterocycles. The Kier molecular flexibility index (Phi) is 5.16. The smallest absolute Gasteiger partial charge is 0.124 e. The third kappa shape index (κ3) is 3.81. The first-order chi connectivity index (χ1) is 9.60. The highest BCUT2D eigenvalue weighted by atomic mass is 35.5. The summed E-state index contributed by atoms with van der Waals surface area (Å²) >= 11 is 12.1. The van der Waals surface area contributed by atoms with Gasteiger partial charge in [0.1, 0.15) is 5.75 Å². The van der Waals surface area contributed by atoms with Gasteiger partial charge in [0, 0.05) is 27.8 Å². The van der Waals surface area contributed by atoms with Crippen molar-refractivity contribution in [1.82, 2.24) is 0 Å². The van der Waals surface area contributed by atoms with Gasteiger partial charge in [-0.3, -0.25) is 0 Å². The van der Waals surface area contributed by atoms with Crippen LogP contribution in [0.3, 0.4) is 0 Å². The predicted octanol–water partition coefficient (Wildman–Crippen LogP) is 5.31. The van der Waals surface area contributed by atoms with E-state index in [1.165, 1.54) is 0 Å². The highest BCUT2D eigenvalue weighted by molar-refractivity contribution is 6.31. The summed E-state index contributed by atoms with van der Waals surface area (Å²) in [5, 5.41) is 4.79. The van der Waals surface area contributed by atoms with Crippen LogP contribution in [0.15, 0.2) is 36.4 Å². The van der Waals surface area contributed by atoms with E-state index in [0.29, 0.717) is 23.2 Å². The lowest BCUT2D eigenvalue weighted by molar-refractivity contribution is 0.337. The normalized spacial score (nSPS) is 10.4. The topological polar surface area (TPSA) is 21.3 Å². The van der Waals surface area contributed by atoms with Crippen LogP contribution in [0.25, 0.3) is 0 Å². The summed E-state index contributed by atoms with van der Waals surface area (Å²) in [7, 11) is 0. The van der Waals surface area contributed by atoms with Gasteiger partial charge in [0.15, 0.2) is 0 Å². The third-order valence-electron chi connectivity index (χ3n) is 2.99. The van der Waals surface area contributed by atoms with Crippen molar-refractivity contribution in [1.29, 1.82) is 0 Å². The van der Waals surface area contributed by atoms with Crippen molar-refractivity contribution >= 4 is 28.9 Å². The maximum Gasteiger partial charge on any atom is 0.124 e. The molecule has 0 unspecified atom stereocenters. The first kappa shape index (κ1) is 15.0. The molecule has 0 radical (unpaired) electrons. The molecule has 0 saturated heterocycles. The van der Waals surface area contributed by atoms with Crippen molar-refractivity contribution < 1.29 is 4.74 Å². The number of ether oxygens (including phenoxy) is 1. The van der Waals surface area contributed by atoms with Gasteiger partial charge >= 0.3 is 0 Å². The van der Waals surface area contributed by atoms with Crippen molar-refractivity contribution in [2.45, 2.75) is 20.4 Å². The fourth-order valence-electron chi connectivity index (χ4n) is 1.96. The maximum atomic E-state index is 6.05.